The van der Waals surface area contributed by atoms with Crippen molar-refractivity contribution in [3.8, 4) is 0 Å². The number of rotatable bonds is 5. The van der Waals surface area contributed by atoms with Crippen molar-refractivity contribution in [2.75, 3.05) is 6.54 Å². The standard InChI is InChI=1S/C16H21NO2/c18-15(19)14-3-1-2-13(8-14)10-17-11-16-6-4-12(9-16)5-7-16/h1-3,8,12,17H,4-7,9-11H2,(H,18,19). The lowest BCUT2D eigenvalue weighted by Gasteiger charge is -2.26. The van der Waals surface area contributed by atoms with Gasteiger partial charge < -0.3 is 10.4 Å². The van der Waals surface area contributed by atoms with Crippen LogP contribution in [0.1, 0.15) is 48.0 Å². The van der Waals surface area contributed by atoms with Gasteiger partial charge in [-0.15, -0.1) is 0 Å². The molecule has 0 amide bonds. The van der Waals surface area contributed by atoms with Crippen LogP contribution in [0.2, 0.25) is 0 Å². The molecule has 19 heavy (non-hydrogen) atoms. The van der Waals surface area contributed by atoms with Crippen LogP contribution < -0.4 is 5.32 Å². The molecule has 0 heterocycles. The fourth-order valence-electron chi connectivity index (χ4n) is 3.85. The van der Waals surface area contributed by atoms with E-state index >= 15 is 0 Å². The lowest BCUT2D eigenvalue weighted by molar-refractivity contribution is 0.0696. The second kappa shape index (κ2) is 4.97. The Labute approximate surface area is 114 Å². The highest BCUT2D eigenvalue weighted by atomic mass is 16.4. The number of nitrogens with one attached hydrogen (secondary N) is 1. The minimum Gasteiger partial charge on any atom is -0.478 e. The maximum absolute atomic E-state index is 10.9. The summed E-state index contributed by atoms with van der Waals surface area (Å²) in [6, 6.07) is 7.21. The minimum absolute atomic E-state index is 0.374. The number of benzene rings is 1. The Morgan fingerprint density at radius 1 is 1.37 bits per heavy atom. The summed E-state index contributed by atoms with van der Waals surface area (Å²) in [6.07, 6.45) is 6.97. The molecule has 2 bridgehead atoms. The molecule has 0 spiro atoms. The van der Waals surface area contributed by atoms with Crippen molar-refractivity contribution in [2.45, 2.75) is 38.6 Å². The Morgan fingerprint density at radius 3 is 2.79 bits per heavy atom. The average Bonchev–Trinajstić information content (AvgIpc) is 2.99. The monoisotopic (exact) mass is 259 g/mol. The second-order valence-electron chi connectivity index (χ2n) is 6.26. The SMILES string of the molecule is O=C(O)c1cccc(CNCC23CCC(CC2)C3)c1. The summed E-state index contributed by atoms with van der Waals surface area (Å²) < 4.78 is 0. The maximum atomic E-state index is 10.9. The van der Waals surface area contributed by atoms with Crippen LogP contribution in [0, 0.1) is 11.3 Å². The van der Waals surface area contributed by atoms with E-state index in [9.17, 15) is 4.79 Å². The summed E-state index contributed by atoms with van der Waals surface area (Å²) in [4.78, 5) is 10.9. The number of hydrogen-bond acceptors (Lipinski definition) is 2. The molecule has 1 aromatic rings. The molecule has 0 saturated heterocycles. The molecule has 0 unspecified atom stereocenters. The van der Waals surface area contributed by atoms with E-state index in [1.54, 1.807) is 12.1 Å². The Hall–Kier alpha value is -1.35. The summed E-state index contributed by atoms with van der Waals surface area (Å²) >= 11 is 0. The topological polar surface area (TPSA) is 49.3 Å². The van der Waals surface area contributed by atoms with E-state index in [-0.39, 0.29) is 0 Å². The quantitative estimate of drug-likeness (QED) is 0.854. The minimum atomic E-state index is -0.852. The third-order valence-corrected chi connectivity index (χ3v) is 4.89. The fraction of sp³-hybridized carbons (Fsp3) is 0.562. The van der Waals surface area contributed by atoms with E-state index in [1.807, 2.05) is 12.1 Å². The molecule has 0 aliphatic heterocycles. The molecule has 0 aromatic heterocycles. The molecule has 2 fully saturated rings. The van der Waals surface area contributed by atoms with Gasteiger partial charge in [-0.2, -0.15) is 0 Å². The van der Waals surface area contributed by atoms with Gasteiger partial charge in [0.25, 0.3) is 0 Å². The van der Waals surface area contributed by atoms with E-state index < -0.39 is 5.97 Å². The van der Waals surface area contributed by atoms with Crippen molar-refractivity contribution >= 4 is 5.97 Å². The lowest BCUT2D eigenvalue weighted by atomic mass is 9.84. The number of aromatic carboxylic acids is 1. The van der Waals surface area contributed by atoms with Gasteiger partial charge in [0.2, 0.25) is 0 Å². The van der Waals surface area contributed by atoms with Crippen LogP contribution in [0.3, 0.4) is 0 Å². The number of carboxylic acid groups (broad SMARTS) is 1. The van der Waals surface area contributed by atoms with Gasteiger partial charge in [0.1, 0.15) is 0 Å². The predicted octanol–water partition coefficient (Wildman–Crippen LogP) is 3.05. The molecule has 1 aromatic carbocycles. The second-order valence-corrected chi connectivity index (χ2v) is 6.26. The van der Waals surface area contributed by atoms with Crippen LogP contribution in [0.15, 0.2) is 24.3 Å². The van der Waals surface area contributed by atoms with Crippen molar-refractivity contribution in [1.29, 1.82) is 0 Å². The van der Waals surface area contributed by atoms with E-state index in [0.29, 0.717) is 11.0 Å². The predicted molar refractivity (Wildman–Crippen MR) is 74.1 cm³/mol. The number of fused-ring (bicyclic) bond motifs is 2. The average molecular weight is 259 g/mol. The molecule has 3 nitrogen and oxygen atoms in total. The first-order chi connectivity index (χ1) is 9.17. The Kier molecular flexibility index (Phi) is 3.31. The highest BCUT2D eigenvalue weighted by Gasteiger charge is 2.44. The molecular weight excluding hydrogens is 238 g/mol. The van der Waals surface area contributed by atoms with Gasteiger partial charge >= 0.3 is 5.97 Å². The molecule has 0 radical (unpaired) electrons. The summed E-state index contributed by atoms with van der Waals surface area (Å²) in [7, 11) is 0. The summed E-state index contributed by atoms with van der Waals surface area (Å²) in [5, 5.41) is 12.5. The molecule has 0 atom stereocenters. The summed E-state index contributed by atoms with van der Waals surface area (Å²) in [6.45, 7) is 1.86. The summed E-state index contributed by atoms with van der Waals surface area (Å²) in [5.41, 5.74) is 1.98. The van der Waals surface area contributed by atoms with E-state index in [1.165, 1.54) is 32.1 Å². The van der Waals surface area contributed by atoms with Crippen molar-refractivity contribution in [3.63, 3.8) is 0 Å². The maximum Gasteiger partial charge on any atom is 0.335 e. The third kappa shape index (κ3) is 2.66. The first kappa shape index (κ1) is 12.7. The van der Waals surface area contributed by atoms with Crippen molar-refractivity contribution in [2.24, 2.45) is 11.3 Å². The number of carboxylic acids is 1. The molecular formula is C16H21NO2. The molecule has 2 saturated carbocycles. The van der Waals surface area contributed by atoms with Crippen LogP contribution in [0.25, 0.3) is 0 Å². The van der Waals surface area contributed by atoms with Crippen molar-refractivity contribution < 1.29 is 9.90 Å². The highest BCUT2D eigenvalue weighted by Crippen LogP contribution is 2.53. The van der Waals surface area contributed by atoms with Crippen molar-refractivity contribution in [3.05, 3.63) is 35.4 Å². The normalized spacial score (nSPS) is 28.7. The highest BCUT2D eigenvalue weighted by molar-refractivity contribution is 5.87. The van der Waals surface area contributed by atoms with Gasteiger partial charge in [-0.3, -0.25) is 0 Å². The molecule has 2 aliphatic rings. The van der Waals surface area contributed by atoms with Gasteiger partial charge in [0, 0.05) is 13.1 Å². The van der Waals surface area contributed by atoms with Gasteiger partial charge in [-0.25, -0.2) is 4.79 Å². The largest absolute Gasteiger partial charge is 0.478 e. The fourth-order valence-corrected chi connectivity index (χ4v) is 3.85. The van der Waals surface area contributed by atoms with Crippen molar-refractivity contribution in [1.82, 2.24) is 5.32 Å². The Morgan fingerprint density at radius 2 is 2.16 bits per heavy atom. The van der Waals surface area contributed by atoms with Crippen LogP contribution >= 0.6 is 0 Å². The smallest absolute Gasteiger partial charge is 0.335 e. The van der Waals surface area contributed by atoms with Gasteiger partial charge in [0.15, 0.2) is 0 Å². The zero-order valence-electron chi connectivity index (χ0n) is 11.2. The first-order valence-corrected chi connectivity index (χ1v) is 7.20. The van der Waals surface area contributed by atoms with Crippen LogP contribution in [0.5, 0.6) is 0 Å². The molecule has 3 heteroatoms. The number of hydrogen-bond donors (Lipinski definition) is 2. The molecule has 3 rings (SSSR count). The molecule has 102 valence electrons. The summed E-state index contributed by atoms with van der Waals surface area (Å²) in [5.74, 6) is 0.131. The zero-order valence-corrected chi connectivity index (χ0v) is 11.2. The zero-order chi connectivity index (χ0) is 13.3. The van der Waals surface area contributed by atoms with E-state index in [4.69, 9.17) is 5.11 Å². The van der Waals surface area contributed by atoms with Crippen LogP contribution in [-0.4, -0.2) is 17.6 Å². The Bertz CT molecular complexity index is 475. The van der Waals surface area contributed by atoms with Crippen LogP contribution in [-0.2, 0) is 6.54 Å². The number of carbonyl (C=O) groups is 1. The van der Waals surface area contributed by atoms with E-state index in [0.717, 1.165) is 24.6 Å². The Balaban J connectivity index is 1.55. The molecule has 2 aliphatic carbocycles. The van der Waals surface area contributed by atoms with Crippen LogP contribution in [0.4, 0.5) is 0 Å². The van der Waals surface area contributed by atoms with Gasteiger partial charge in [0.05, 0.1) is 5.56 Å². The van der Waals surface area contributed by atoms with Gasteiger partial charge in [-0.1, -0.05) is 12.1 Å². The lowest BCUT2D eigenvalue weighted by Crippen LogP contribution is -2.30. The van der Waals surface area contributed by atoms with E-state index in [2.05, 4.69) is 5.32 Å². The van der Waals surface area contributed by atoms with Gasteiger partial charge in [-0.05, 0) is 61.1 Å². The third-order valence-electron chi connectivity index (χ3n) is 4.89. The molecule has 2 N–H and O–H groups in total. The first-order valence-electron chi connectivity index (χ1n) is 7.20.